The van der Waals surface area contributed by atoms with Crippen LogP contribution in [-0.2, 0) is 4.74 Å². The summed E-state index contributed by atoms with van der Waals surface area (Å²) in [7, 11) is 4.52. The van der Waals surface area contributed by atoms with Gasteiger partial charge in [0.2, 0.25) is 5.95 Å². The molecule has 0 bridgehead atoms. The van der Waals surface area contributed by atoms with Crippen LogP contribution in [0.15, 0.2) is 59.3 Å². The molecule has 9 heteroatoms. The molecule has 0 amide bonds. The summed E-state index contributed by atoms with van der Waals surface area (Å²) in [5.41, 5.74) is 3.14. The van der Waals surface area contributed by atoms with Crippen LogP contribution in [0.5, 0.6) is 11.5 Å². The first-order chi connectivity index (χ1) is 15.0. The summed E-state index contributed by atoms with van der Waals surface area (Å²) in [5.74, 6) is 1.26. The molecule has 2 aromatic heterocycles. The Morgan fingerprint density at radius 3 is 2.53 bits per heavy atom. The molecule has 0 saturated heterocycles. The summed E-state index contributed by atoms with van der Waals surface area (Å²) >= 11 is 3.39. The van der Waals surface area contributed by atoms with Gasteiger partial charge < -0.3 is 19.5 Å². The van der Waals surface area contributed by atoms with Gasteiger partial charge in [0.05, 0.1) is 38.3 Å². The van der Waals surface area contributed by atoms with E-state index in [2.05, 4.69) is 26.2 Å². The molecule has 0 aliphatic heterocycles. The second kappa shape index (κ2) is 9.69. The van der Waals surface area contributed by atoms with E-state index in [9.17, 15) is 4.79 Å². The maximum Gasteiger partial charge on any atom is 0.340 e. The molecule has 32 heavy (non-hydrogen) atoms. The molecule has 0 aliphatic carbocycles. The number of benzene rings is 2. The molecule has 166 valence electrons. The fourth-order valence-corrected chi connectivity index (χ4v) is 3.54. The number of ether oxygens (including phenoxy) is 3. The molecule has 0 saturated carbocycles. The van der Waals surface area contributed by atoms with Gasteiger partial charge >= 0.3 is 5.97 Å². The molecule has 0 spiro atoms. The predicted molar refractivity (Wildman–Crippen MR) is 127 cm³/mol. The number of aromatic nitrogens is 3. The third kappa shape index (κ3) is 4.38. The van der Waals surface area contributed by atoms with Crippen LogP contribution in [0.2, 0.25) is 0 Å². The van der Waals surface area contributed by atoms with Crippen LogP contribution in [-0.4, -0.2) is 41.7 Å². The van der Waals surface area contributed by atoms with Gasteiger partial charge in [-0.2, -0.15) is 0 Å². The lowest BCUT2D eigenvalue weighted by Crippen LogP contribution is -2.08. The number of halogens is 1. The first kappa shape index (κ1) is 23.1. The summed E-state index contributed by atoms with van der Waals surface area (Å²) in [6, 6.07) is 12.7. The van der Waals surface area contributed by atoms with Crippen molar-refractivity contribution in [3.05, 3.63) is 64.9 Å². The highest BCUT2D eigenvalue weighted by atomic mass is 79.9. The Hall–Kier alpha value is -3.59. The number of nitrogens with one attached hydrogen (secondary N) is 1. The number of esters is 1. The van der Waals surface area contributed by atoms with E-state index < -0.39 is 5.97 Å². The molecular formula is C23H23BrN4O4. The number of anilines is 2. The largest absolute Gasteiger partial charge is 0.493 e. The van der Waals surface area contributed by atoms with Gasteiger partial charge in [-0.25, -0.2) is 14.8 Å². The second-order valence-electron chi connectivity index (χ2n) is 6.50. The SMILES string of the molecule is C.COC(=O)c1cc(Br)ccc1Nc1nc(-c2ccc(OC)c(OC)c2)cc2nccn12. The van der Waals surface area contributed by atoms with Crippen LogP contribution in [0.25, 0.3) is 16.9 Å². The molecule has 0 fully saturated rings. The van der Waals surface area contributed by atoms with Crippen LogP contribution in [0.1, 0.15) is 17.8 Å². The Labute approximate surface area is 194 Å². The van der Waals surface area contributed by atoms with E-state index in [4.69, 9.17) is 19.2 Å². The molecule has 4 rings (SSSR count). The standard InChI is InChI=1S/C22H19BrN4O4.CH4/c1-29-18-7-4-13(10-19(18)30-2)17-12-20-24-8-9-27(20)22(26-17)25-16-6-5-14(23)11-15(16)21(28)31-3;/h4-12H,1-3H3,(H,25,26);1H4. The molecule has 0 radical (unpaired) electrons. The number of carbonyl (C=O) groups excluding carboxylic acids is 1. The zero-order chi connectivity index (χ0) is 22.0. The minimum Gasteiger partial charge on any atom is -0.493 e. The Kier molecular flexibility index (Phi) is 6.99. The summed E-state index contributed by atoms with van der Waals surface area (Å²) < 4.78 is 18.2. The van der Waals surface area contributed by atoms with Crippen LogP contribution in [0.3, 0.4) is 0 Å². The van der Waals surface area contributed by atoms with Crippen molar-refractivity contribution in [3.8, 4) is 22.8 Å². The monoisotopic (exact) mass is 498 g/mol. The first-order valence-corrected chi connectivity index (χ1v) is 10.0. The van der Waals surface area contributed by atoms with Crippen molar-refractivity contribution in [2.24, 2.45) is 0 Å². The number of nitrogens with zero attached hydrogens (tertiary/aromatic N) is 3. The maximum atomic E-state index is 12.3. The second-order valence-corrected chi connectivity index (χ2v) is 7.41. The zero-order valence-electron chi connectivity index (χ0n) is 17.0. The highest BCUT2D eigenvalue weighted by molar-refractivity contribution is 9.10. The topological polar surface area (TPSA) is 87.0 Å². The summed E-state index contributed by atoms with van der Waals surface area (Å²) in [4.78, 5) is 21.4. The van der Waals surface area contributed by atoms with Crippen molar-refractivity contribution in [2.45, 2.75) is 7.43 Å². The highest BCUT2D eigenvalue weighted by Crippen LogP contribution is 2.33. The Morgan fingerprint density at radius 1 is 1.03 bits per heavy atom. The van der Waals surface area contributed by atoms with Gasteiger partial charge in [-0.15, -0.1) is 0 Å². The van der Waals surface area contributed by atoms with Crippen molar-refractivity contribution < 1.29 is 19.0 Å². The average Bonchev–Trinajstić information content (AvgIpc) is 3.28. The van der Waals surface area contributed by atoms with Gasteiger partial charge in [-0.05, 0) is 36.4 Å². The van der Waals surface area contributed by atoms with Crippen LogP contribution in [0, 0.1) is 0 Å². The van der Waals surface area contributed by atoms with Crippen molar-refractivity contribution >= 4 is 39.2 Å². The highest BCUT2D eigenvalue weighted by Gasteiger charge is 2.16. The van der Waals surface area contributed by atoms with Crippen molar-refractivity contribution in [1.82, 2.24) is 14.4 Å². The van der Waals surface area contributed by atoms with Gasteiger partial charge in [0.25, 0.3) is 0 Å². The molecule has 2 aromatic carbocycles. The lowest BCUT2D eigenvalue weighted by atomic mass is 10.1. The summed E-state index contributed by atoms with van der Waals surface area (Å²) in [5, 5.41) is 3.24. The lowest BCUT2D eigenvalue weighted by molar-refractivity contribution is 0.0602. The van der Waals surface area contributed by atoms with Gasteiger partial charge in [0.1, 0.15) is 5.65 Å². The predicted octanol–water partition coefficient (Wildman–Crippen LogP) is 5.34. The van der Waals surface area contributed by atoms with Crippen molar-refractivity contribution in [2.75, 3.05) is 26.6 Å². The first-order valence-electron chi connectivity index (χ1n) is 9.25. The number of fused-ring (bicyclic) bond motifs is 1. The normalized spacial score (nSPS) is 10.4. The van der Waals surface area contributed by atoms with Gasteiger partial charge in [-0.1, -0.05) is 23.4 Å². The molecular weight excluding hydrogens is 476 g/mol. The maximum absolute atomic E-state index is 12.3. The molecule has 0 aliphatic rings. The smallest absolute Gasteiger partial charge is 0.340 e. The Bertz CT molecular complexity index is 1270. The third-order valence-corrected chi connectivity index (χ3v) is 5.20. The fourth-order valence-electron chi connectivity index (χ4n) is 3.18. The van der Waals surface area contributed by atoms with Crippen LogP contribution < -0.4 is 14.8 Å². The molecule has 1 N–H and O–H groups in total. The van der Waals surface area contributed by atoms with Gasteiger partial charge in [0, 0.05) is 28.5 Å². The minimum atomic E-state index is -0.457. The number of hydrogen-bond donors (Lipinski definition) is 1. The quantitative estimate of drug-likeness (QED) is 0.358. The van der Waals surface area contributed by atoms with Gasteiger partial charge in [0.15, 0.2) is 11.5 Å². The molecule has 8 nitrogen and oxygen atoms in total. The Morgan fingerprint density at radius 2 is 1.81 bits per heavy atom. The van der Waals surface area contributed by atoms with Crippen molar-refractivity contribution in [1.29, 1.82) is 0 Å². The van der Waals surface area contributed by atoms with Crippen LogP contribution >= 0.6 is 15.9 Å². The average molecular weight is 499 g/mol. The van der Waals surface area contributed by atoms with E-state index in [0.29, 0.717) is 40.0 Å². The number of imidazole rings is 1. The molecule has 2 heterocycles. The van der Waals surface area contributed by atoms with E-state index in [1.807, 2.05) is 30.3 Å². The number of rotatable bonds is 6. The van der Waals surface area contributed by atoms with Gasteiger partial charge in [-0.3, -0.25) is 4.40 Å². The van der Waals surface area contributed by atoms with E-state index in [-0.39, 0.29) is 7.43 Å². The fraction of sp³-hybridized carbons (Fsp3) is 0.174. The summed E-state index contributed by atoms with van der Waals surface area (Å²) in [6.45, 7) is 0. The van der Waals surface area contributed by atoms with E-state index >= 15 is 0 Å². The molecule has 0 unspecified atom stereocenters. The molecule has 4 aromatic rings. The molecule has 0 atom stereocenters. The van der Waals surface area contributed by atoms with E-state index in [0.717, 1.165) is 10.0 Å². The van der Waals surface area contributed by atoms with E-state index in [1.165, 1.54) is 7.11 Å². The lowest BCUT2D eigenvalue weighted by Gasteiger charge is -2.14. The zero-order valence-corrected chi connectivity index (χ0v) is 18.6. The third-order valence-electron chi connectivity index (χ3n) is 4.70. The van der Waals surface area contributed by atoms with E-state index in [1.54, 1.807) is 43.1 Å². The minimum absolute atomic E-state index is 0. The van der Waals surface area contributed by atoms with Crippen molar-refractivity contribution in [3.63, 3.8) is 0 Å². The summed E-state index contributed by atoms with van der Waals surface area (Å²) in [6.07, 6.45) is 3.48. The van der Waals surface area contributed by atoms with Crippen LogP contribution in [0.4, 0.5) is 11.6 Å². The number of methoxy groups -OCH3 is 3. The number of carbonyl (C=O) groups is 1. The Balaban J connectivity index is 0.00000289. The number of hydrogen-bond acceptors (Lipinski definition) is 7.